The van der Waals surface area contributed by atoms with E-state index in [4.69, 9.17) is 4.74 Å². The number of hydrogen-bond acceptors (Lipinski definition) is 5. The van der Waals surface area contributed by atoms with Crippen LogP contribution in [0.4, 0.5) is 5.69 Å². The fourth-order valence-corrected chi connectivity index (χ4v) is 3.35. The lowest BCUT2D eigenvalue weighted by Gasteiger charge is -2.34. The molecule has 2 aromatic rings. The van der Waals surface area contributed by atoms with Gasteiger partial charge in [0, 0.05) is 44.7 Å². The number of nitro benzene ring substituents is 1. The lowest BCUT2D eigenvalue weighted by Crippen LogP contribution is -2.51. The Hall–Kier alpha value is -3.42. The van der Waals surface area contributed by atoms with Gasteiger partial charge in [0.25, 0.3) is 11.6 Å². The van der Waals surface area contributed by atoms with Crippen molar-refractivity contribution in [3.8, 4) is 5.75 Å². The van der Waals surface area contributed by atoms with Gasteiger partial charge in [-0.25, -0.2) is 0 Å². The van der Waals surface area contributed by atoms with Crippen molar-refractivity contribution in [2.24, 2.45) is 0 Å². The van der Waals surface area contributed by atoms with Crippen LogP contribution in [0.1, 0.15) is 18.4 Å². The second kappa shape index (κ2) is 10.4. The van der Waals surface area contributed by atoms with Crippen molar-refractivity contribution >= 4 is 17.5 Å². The van der Waals surface area contributed by atoms with Crippen molar-refractivity contribution in [3.05, 3.63) is 70.3 Å². The standard InChI is InChI=1S/C22H25N3O5/c26-21(8-4-7-18-5-2-1-3-6-18)23-13-15-24(16-14-23)22(27)17-30-20-11-9-19(10-12-20)25(28)29/h1-3,5-6,9-12H,4,7-8,13-17H2. The molecule has 0 radical (unpaired) electrons. The number of aryl methyl sites for hydroxylation is 1. The lowest BCUT2D eigenvalue weighted by atomic mass is 10.1. The van der Waals surface area contributed by atoms with Crippen LogP contribution in [0.5, 0.6) is 5.75 Å². The highest BCUT2D eigenvalue weighted by molar-refractivity contribution is 5.79. The third-order valence-corrected chi connectivity index (χ3v) is 5.09. The van der Waals surface area contributed by atoms with Crippen LogP contribution in [0.3, 0.4) is 0 Å². The van der Waals surface area contributed by atoms with Gasteiger partial charge >= 0.3 is 0 Å². The molecule has 0 aromatic heterocycles. The van der Waals surface area contributed by atoms with E-state index >= 15 is 0 Å². The third kappa shape index (κ3) is 6.04. The lowest BCUT2D eigenvalue weighted by molar-refractivity contribution is -0.384. The summed E-state index contributed by atoms with van der Waals surface area (Å²) in [6, 6.07) is 15.7. The van der Waals surface area contributed by atoms with Crippen molar-refractivity contribution in [2.75, 3.05) is 32.8 Å². The second-order valence-electron chi connectivity index (χ2n) is 7.14. The minimum absolute atomic E-state index is 0.0294. The minimum Gasteiger partial charge on any atom is -0.484 e. The molecule has 8 heteroatoms. The zero-order valence-electron chi connectivity index (χ0n) is 16.7. The zero-order chi connectivity index (χ0) is 21.3. The average molecular weight is 411 g/mol. The normalized spacial score (nSPS) is 13.7. The number of hydrogen-bond donors (Lipinski definition) is 0. The van der Waals surface area contributed by atoms with Crippen molar-refractivity contribution in [3.63, 3.8) is 0 Å². The number of nitrogens with zero attached hydrogens (tertiary/aromatic N) is 3. The number of amides is 2. The highest BCUT2D eigenvalue weighted by Crippen LogP contribution is 2.17. The van der Waals surface area contributed by atoms with E-state index in [0.717, 1.165) is 12.8 Å². The Morgan fingerprint density at radius 3 is 2.10 bits per heavy atom. The Bertz CT molecular complexity index is 862. The molecule has 8 nitrogen and oxygen atoms in total. The van der Waals surface area contributed by atoms with Crippen LogP contribution < -0.4 is 4.74 Å². The molecule has 1 heterocycles. The number of ether oxygens (including phenoxy) is 1. The maximum absolute atomic E-state index is 12.4. The zero-order valence-corrected chi connectivity index (χ0v) is 16.7. The number of carbonyl (C=O) groups is 2. The summed E-state index contributed by atoms with van der Waals surface area (Å²) in [4.78, 5) is 38.4. The summed E-state index contributed by atoms with van der Waals surface area (Å²) in [5.41, 5.74) is 1.20. The second-order valence-corrected chi connectivity index (χ2v) is 7.14. The molecular weight excluding hydrogens is 386 g/mol. The smallest absolute Gasteiger partial charge is 0.269 e. The summed E-state index contributed by atoms with van der Waals surface area (Å²) in [5, 5.41) is 10.7. The number of piperazine rings is 1. The molecule has 2 aromatic carbocycles. The molecule has 30 heavy (non-hydrogen) atoms. The average Bonchev–Trinajstić information content (AvgIpc) is 2.78. The molecule has 158 valence electrons. The maximum atomic E-state index is 12.4. The van der Waals surface area contributed by atoms with Crippen molar-refractivity contribution in [2.45, 2.75) is 19.3 Å². The van der Waals surface area contributed by atoms with E-state index < -0.39 is 4.92 Å². The molecule has 0 spiro atoms. The fourth-order valence-electron chi connectivity index (χ4n) is 3.35. The molecule has 0 aliphatic carbocycles. The van der Waals surface area contributed by atoms with Gasteiger partial charge in [-0.05, 0) is 30.5 Å². The van der Waals surface area contributed by atoms with Gasteiger partial charge in [0.2, 0.25) is 5.91 Å². The number of rotatable bonds is 8. The van der Waals surface area contributed by atoms with Gasteiger partial charge in [0.05, 0.1) is 4.92 Å². The molecule has 1 aliphatic rings. The Morgan fingerprint density at radius 2 is 1.50 bits per heavy atom. The van der Waals surface area contributed by atoms with Gasteiger partial charge < -0.3 is 14.5 Å². The van der Waals surface area contributed by atoms with E-state index in [1.54, 1.807) is 4.90 Å². The molecule has 0 saturated carbocycles. The first-order valence-electron chi connectivity index (χ1n) is 9.99. The summed E-state index contributed by atoms with van der Waals surface area (Å²) >= 11 is 0. The quantitative estimate of drug-likeness (QED) is 0.492. The van der Waals surface area contributed by atoms with Crippen LogP contribution in [0.25, 0.3) is 0 Å². The maximum Gasteiger partial charge on any atom is 0.269 e. The van der Waals surface area contributed by atoms with E-state index in [1.165, 1.54) is 29.8 Å². The van der Waals surface area contributed by atoms with Gasteiger partial charge in [-0.15, -0.1) is 0 Å². The number of non-ortho nitro benzene ring substituents is 1. The summed E-state index contributed by atoms with van der Waals surface area (Å²) in [5.74, 6) is 0.367. The Balaban J connectivity index is 1.36. The molecule has 1 saturated heterocycles. The summed E-state index contributed by atoms with van der Waals surface area (Å²) in [7, 11) is 0. The molecule has 1 fully saturated rings. The number of benzene rings is 2. The van der Waals surface area contributed by atoms with Crippen LogP contribution in [0, 0.1) is 10.1 Å². The van der Waals surface area contributed by atoms with E-state index in [-0.39, 0.29) is 24.1 Å². The predicted octanol–water partition coefficient (Wildman–Crippen LogP) is 2.67. The van der Waals surface area contributed by atoms with E-state index in [1.807, 2.05) is 23.1 Å². The van der Waals surface area contributed by atoms with Gasteiger partial charge in [0.15, 0.2) is 6.61 Å². The molecule has 3 rings (SSSR count). The molecular formula is C22H25N3O5. The topological polar surface area (TPSA) is 93.0 Å². The van der Waals surface area contributed by atoms with Gasteiger partial charge in [-0.3, -0.25) is 19.7 Å². The van der Waals surface area contributed by atoms with Crippen molar-refractivity contribution in [1.29, 1.82) is 0 Å². The number of carbonyl (C=O) groups excluding carboxylic acids is 2. The van der Waals surface area contributed by atoms with Crippen molar-refractivity contribution in [1.82, 2.24) is 9.80 Å². The summed E-state index contributed by atoms with van der Waals surface area (Å²) in [6.45, 7) is 1.86. The Labute approximate surface area is 175 Å². The van der Waals surface area contributed by atoms with E-state index in [9.17, 15) is 19.7 Å². The Morgan fingerprint density at radius 1 is 0.900 bits per heavy atom. The Kier molecular flexibility index (Phi) is 7.37. The largest absolute Gasteiger partial charge is 0.484 e. The first-order valence-corrected chi connectivity index (χ1v) is 9.99. The van der Waals surface area contributed by atoms with Gasteiger partial charge in [-0.1, -0.05) is 30.3 Å². The SMILES string of the molecule is O=C(CCCc1ccccc1)N1CCN(C(=O)COc2ccc([N+](=O)[O-])cc2)CC1. The third-order valence-electron chi connectivity index (χ3n) is 5.09. The highest BCUT2D eigenvalue weighted by Gasteiger charge is 2.24. The van der Waals surface area contributed by atoms with Crippen LogP contribution in [0.15, 0.2) is 54.6 Å². The molecule has 0 atom stereocenters. The highest BCUT2D eigenvalue weighted by atomic mass is 16.6. The number of nitro groups is 1. The molecule has 0 unspecified atom stereocenters. The van der Waals surface area contributed by atoms with Crippen LogP contribution in [0.2, 0.25) is 0 Å². The van der Waals surface area contributed by atoms with Crippen LogP contribution in [-0.2, 0) is 16.0 Å². The first-order chi connectivity index (χ1) is 14.5. The molecule has 0 bridgehead atoms. The van der Waals surface area contributed by atoms with Crippen LogP contribution in [-0.4, -0.2) is 59.3 Å². The molecule has 1 aliphatic heterocycles. The fraction of sp³-hybridized carbons (Fsp3) is 0.364. The van der Waals surface area contributed by atoms with E-state index in [0.29, 0.717) is 38.3 Å². The van der Waals surface area contributed by atoms with E-state index in [2.05, 4.69) is 12.1 Å². The summed E-state index contributed by atoms with van der Waals surface area (Å²) in [6.07, 6.45) is 2.20. The molecule has 0 N–H and O–H groups in total. The van der Waals surface area contributed by atoms with Gasteiger partial charge in [0.1, 0.15) is 5.75 Å². The molecule has 2 amide bonds. The monoisotopic (exact) mass is 411 g/mol. The van der Waals surface area contributed by atoms with Crippen molar-refractivity contribution < 1.29 is 19.2 Å². The minimum atomic E-state index is -0.489. The summed E-state index contributed by atoms with van der Waals surface area (Å²) < 4.78 is 5.43. The predicted molar refractivity (Wildman–Crippen MR) is 111 cm³/mol. The van der Waals surface area contributed by atoms with Gasteiger partial charge in [-0.2, -0.15) is 0 Å². The van der Waals surface area contributed by atoms with Crippen LogP contribution >= 0.6 is 0 Å². The first kappa shape index (κ1) is 21.3.